The Morgan fingerprint density at radius 2 is 1.42 bits per heavy atom. The molecule has 0 aliphatic heterocycles. The predicted molar refractivity (Wildman–Crippen MR) is 131 cm³/mol. The van der Waals surface area contributed by atoms with Gasteiger partial charge in [0.25, 0.3) is 0 Å². The summed E-state index contributed by atoms with van der Waals surface area (Å²) in [6.07, 6.45) is 5.38. The summed E-state index contributed by atoms with van der Waals surface area (Å²) in [6.45, 7) is 0. The van der Waals surface area contributed by atoms with Crippen LogP contribution in [0.15, 0.2) is 94.3 Å². The minimum Gasteiger partial charge on any atom is -0.497 e. The molecule has 0 spiro atoms. The van der Waals surface area contributed by atoms with E-state index in [9.17, 15) is 5.26 Å². The molecule has 3 aromatic carbocycles. The molecule has 5 nitrogen and oxygen atoms in total. The molecule has 0 bridgehead atoms. The van der Waals surface area contributed by atoms with Crippen molar-refractivity contribution in [1.82, 2.24) is 0 Å². The quantitative estimate of drug-likeness (QED) is 0.296. The van der Waals surface area contributed by atoms with Gasteiger partial charge in [0.1, 0.15) is 28.9 Å². The second kappa shape index (κ2) is 10.2. The Kier molecular flexibility index (Phi) is 6.67. The molecule has 162 valence electrons. The second-order valence-electron chi connectivity index (χ2n) is 7.10. The average Bonchev–Trinajstić information content (AvgIpc) is 3.25. The van der Waals surface area contributed by atoms with Crippen molar-refractivity contribution in [3.63, 3.8) is 0 Å². The lowest BCUT2D eigenvalue weighted by atomic mass is 9.98. The van der Waals surface area contributed by atoms with Crippen LogP contribution in [0.4, 0.5) is 5.88 Å². The number of furan rings is 1. The molecule has 0 unspecified atom stereocenters. The fraction of sp³-hybridized carbons (Fsp3) is 0.0714. The molecule has 0 aliphatic carbocycles. The molecule has 0 N–H and O–H groups in total. The van der Waals surface area contributed by atoms with Crippen molar-refractivity contribution >= 4 is 18.2 Å². The van der Waals surface area contributed by atoms with E-state index in [0.717, 1.165) is 28.2 Å². The molecular weight excluding hydrogens is 412 g/mol. The highest BCUT2D eigenvalue weighted by atomic mass is 16.5. The third-order valence-electron chi connectivity index (χ3n) is 5.10. The molecule has 0 radical (unpaired) electrons. The van der Waals surface area contributed by atoms with Gasteiger partial charge in [-0.15, -0.1) is 0 Å². The monoisotopic (exact) mass is 434 g/mol. The minimum atomic E-state index is 0.256. The molecule has 0 fully saturated rings. The fourth-order valence-electron chi connectivity index (χ4n) is 3.42. The fourth-order valence-corrected chi connectivity index (χ4v) is 3.42. The molecule has 1 heterocycles. The maximum absolute atomic E-state index is 9.99. The van der Waals surface area contributed by atoms with Crippen molar-refractivity contribution in [3.8, 4) is 40.0 Å². The van der Waals surface area contributed by atoms with Gasteiger partial charge in [-0.2, -0.15) is 5.26 Å². The standard InChI is InChI=1S/C28H22N2O3/c1-31-23-14-10-21(11-15-23)26-25(19-29)28(30-18-6-9-20-7-4-3-5-8-20)33-27(26)22-12-16-24(32-2)17-13-22/h3-18H,1-2H3/b9-6+,30-18+. The van der Waals surface area contributed by atoms with Crippen LogP contribution >= 0.6 is 0 Å². The van der Waals surface area contributed by atoms with Gasteiger partial charge in [0.05, 0.1) is 14.2 Å². The SMILES string of the molecule is COc1ccc(-c2oc(/N=C/C=C/c3ccccc3)c(C#N)c2-c2ccc(OC)cc2)cc1. The molecule has 4 aromatic rings. The van der Waals surface area contributed by atoms with Gasteiger partial charge in [0.15, 0.2) is 0 Å². The first kappa shape index (κ1) is 21.7. The number of hydrogen-bond acceptors (Lipinski definition) is 5. The highest BCUT2D eigenvalue weighted by molar-refractivity contribution is 5.89. The number of aliphatic imine (C=N–C) groups is 1. The number of nitriles is 1. The summed E-state index contributed by atoms with van der Waals surface area (Å²) in [7, 11) is 3.24. The van der Waals surface area contributed by atoms with Crippen LogP contribution in [0, 0.1) is 11.3 Å². The summed E-state index contributed by atoms with van der Waals surface area (Å²) in [5.74, 6) is 2.29. The van der Waals surface area contributed by atoms with Crippen molar-refractivity contribution in [2.45, 2.75) is 0 Å². The zero-order chi connectivity index (χ0) is 23.0. The van der Waals surface area contributed by atoms with Gasteiger partial charge in [0.2, 0.25) is 5.88 Å². The first-order valence-electron chi connectivity index (χ1n) is 10.3. The molecule has 4 rings (SSSR count). The summed E-state index contributed by atoms with van der Waals surface area (Å²) >= 11 is 0. The lowest BCUT2D eigenvalue weighted by Crippen LogP contribution is -1.86. The van der Waals surface area contributed by atoms with E-state index < -0.39 is 0 Å². The number of allylic oxidation sites excluding steroid dienone is 1. The first-order chi connectivity index (χ1) is 16.2. The van der Waals surface area contributed by atoms with Crippen LogP contribution < -0.4 is 9.47 Å². The van der Waals surface area contributed by atoms with Crippen LogP contribution in [0.3, 0.4) is 0 Å². The smallest absolute Gasteiger partial charge is 0.238 e. The Balaban J connectivity index is 1.78. The second-order valence-corrected chi connectivity index (χ2v) is 7.10. The van der Waals surface area contributed by atoms with Gasteiger partial charge in [-0.05, 0) is 53.6 Å². The lowest BCUT2D eigenvalue weighted by molar-refractivity contribution is 0.414. The summed E-state index contributed by atoms with van der Waals surface area (Å²) < 4.78 is 16.7. The normalized spacial score (nSPS) is 11.1. The molecule has 0 aliphatic rings. The number of ether oxygens (including phenoxy) is 2. The van der Waals surface area contributed by atoms with E-state index >= 15 is 0 Å². The third-order valence-corrected chi connectivity index (χ3v) is 5.10. The Labute approximate surface area is 192 Å². The van der Waals surface area contributed by atoms with E-state index in [1.165, 1.54) is 0 Å². The van der Waals surface area contributed by atoms with Crippen molar-refractivity contribution in [2.75, 3.05) is 14.2 Å². The molecule has 0 saturated heterocycles. The number of nitrogens with zero attached hydrogens (tertiary/aromatic N) is 2. The molecule has 0 saturated carbocycles. The third kappa shape index (κ3) is 4.86. The molecule has 1 aromatic heterocycles. The van der Waals surface area contributed by atoms with Crippen molar-refractivity contribution < 1.29 is 13.9 Å². The summed E-state index contributed by atoms with van der Waals surface area (Å²) in [6, 6.07) is 27.2. The van der Waals surface area contributed by atoms with E-state index in [-0.39, 0.29) is 5.88 Å². The number of benzene rings is 3. The molecule has 0 atom stereocenters. The maximum Gasteiger partial charge on any atom is 0.238 e. The molecule has 33 heavy (non-hydrogen) atoms. The number of rotatable bonds is 7. The Morgan fingerprint density at radius 1 is 0.818 bits per heavy atom. The summed E-state index contributed by atoms with van der Waals surface area (Å²) in [5, 5.41) is 9.99. The summed E-state index contributed by atoms with van der Waals surface area (Å²) in [4.78, 5) is 4.44. The molecular formula is C28H22N2O3. The zero-order valence-electron chi connectivity index (χ0n) is 18.4. The van der Waals surface area contributed by atoms with Crippen molar-refractivity contribution in [3.05, 3.63) is 96.1 Å². The van der Waals surface area contributed by atoms with Crippen molar-refractivity contribution in [1.29, 1.82) is 5.26 Å². The highest BCUT2D eigenvalue weighted by Gasteiger charge is 2.22. The van der Waals surface area contributed by atoms with Gasteiger partial charge in [0, 0.05) is 17.3 Å². The van der Waals surface area contributed by atoms with E-state index in [2.05, 4.69) is 11.1 Å². The van der Waals surface area contributed by atoms with Gasteiger partial charge >= 0.3 is 0 Å². The molecule has 5 heteroatoms. The lowest BCUT2D eigenvalue weighted by Gasteiger charge is -2.06. The van der Waals surface area contributed by atoms with E-state index in [1.807, 2.05) is 91.0 Å². The highest BCUT2D eigenvalue weighted by Crippen LogP contribution is 2.43. The zero-order valence-corrected chi connectivity index (χ0v) is 18.4. The largest absolute Gasteiger partial charge is 0.497 e. The Morgan fingerprint density at radius 3 is 2.00 bits per heavy atom. The number of methoxy groups -OCH3 is 2. The van der Waals surface area contributed by atoms with Crippen molar-refractivity contribution in [2.24, 2.45) is 4.99 Å². The van der Waals surface area contributed by atoms with Gasteiger partial charge in [-0.25, -0.2) is 4.99 Å². The Bertz CT molecular complexity index is 1310. The number of hydrogen-bond donors (Lipinski definition) is 0. The van der Waals surface area contributed by atoms with E-state index in [4.69, 9.17) is 13.9 Å². The minimum absolute atomic E-state index is 0.256. The van der Waals surface area contributed by atoms with Crippen LogP contribution in [0.1, 0.15) is 11.1 Å². The first-order valence-corrected chi connectivity index (χ1v) is 10.3. The van der Waals surface area contributed by atoms with Crippen LogP contribution in [0.2, 0.25) is 0 Å². The van der Waals surface area contributed by atoms with Crippen LogP contribution in [0.25, 0.3) is 28.5 Å². The average molecular weight is 434 g/mol. The van der Waals surface area contributed by atoms with E-state index in [0.29, 0.717) is 16.9 Å². The van der Waals surface area contributed by atoms with Crippen LogP contribution in [-0.2, 0) is 0 Å². The summed E-state index contributed by atoms with van der Waals surface area (Å²) in [5.41, 5.74) is 3.77. The Hall–Kier alpha value is -4.56. The van der Waals surface area contributed by atoms with Gasteiger partial charge in [-0.1, -0.05) is 48.5 Å². The van der Waals surface area contributed by atoms with Crippen LogP contribution in [0.5, 0.6) is 11.5 Å². The topological polar surface area (TPSA) is 67.8 Å². The van der Waals surface area contributed by atoms with Gasteiger partial charge < -0.3 is 13.9 Å². The molecule has 0 amide bonds. The predicted octanol–water partition coefficient (Wildman–Crippen LogP) is 6.92. The van der Waals surface area contributed by atoms with E-state index in [1.54, 1.807) is 20.4 Å². The van der Waals surface area contributed by atoms with Gasteiger partial charge in [-0.3, -0.25) is 0 Å². The maximum atomic E-state index is 9.99. The van der Waals surface area contributed by atoms with Crippen LogP contribution in [-0.4, -0.2) is 20.4 Å².